The fourth-order valence-electron chi connectivity index (χ4n) is 9.33. The van der Waals surface area contributed by atoms with Crippen molar-refractivity contribution in [2.75, 3.05) is 6.61 Å². The zero-order valence-electron chi connectivity index (χ0n) is 44.3. The maximum absolute atomic E-state index is 12.4. The summed E-state index contributed by atoms with van der Waals surface area (Å²) in [7, 11) is 0. The Morgan fingerprint density at radius 2 is 0.600 bits per heavy atom. The van der Waals surface area contributed by atoms with Gasteiger partial charge in [-0.3, -0.25) is 4.79 Å². The molecule has 4 heteroatoms. The molecule has 0 radical (unpaired) electrons. The lowest BCUT2D eigenvalue weighted by Gasteiger charge is -2.19. The highest BCUT2D eigenvalue weighted by Crippen LogP contribution is 2.18. The van der Waals surface area contributed by atoms with Gasteiger partial charge >= 0.3 is 0 Å². The van der Waals surface area contributed by atoms with Gasteiger partial charge in [-0.05, 0) is 44.9 Å². The van der Waals surface area contributed by atoms with Crippen LogP contribution in [0.3, 0.4) is 0 Å². The van der Waals surface area contributed by atoms with E-state index in [0.717, 1.165) is 38.5 Å². The third-order valence-corrected chi connectivity index (χ3v) is 13.9. The molecule has 0 heterocycles. The number of nitrogens with one attached hydrogen (secondary N) is 1. The molecule has 0 aliphatic heterocycles. The molecule has 3 N–H and O–H groups in total. The van der Waals surface area contributed by atoms with Crippen LogP contribution in [-0.2, 0) is 4.79 Å². The lowest BCUT2D eigenvalue weighted by atomic mass is 10.0. The molecule has 0 saturated heterocycles. The number of carbonyl (C=O) groups excluding carboxylic acids is 1. The Bertz CT molecular complexity index is 989. The molecule has 0 aliphatic rings. The molecule has 0 aromatic carbocycles. The van der Waals surface area contributed by atoms with Crippen LogP contribution in [0.25, 0.3) is 0 Å². The van der Waals surface area contributed by atoms with E-state index in [1.54, 1.807) is 6.08 Å². The van der Waals surface area contributed by atoms with Gasteiger partial charge in [0.25, 0.3) is 0 Å². The predicted octanol–water partition coefficient (Wildman–Crippen LogP) is 19.6. The first-order valence-corrected chi connectivity index (χ1v) is 29.7. The smallest absolute Gasteiger partial charge is 0.220 e. The molecular weight excluding hydrogens is 795 g/mol. The van der Waals surface area contributed by atoms with Gasteiger partial charge in [-0.25, -0.2) is 0 Å². The van der Waals surface area contributed by atoms with Gasteiger partial charge in [0.1, 0.15) is 0 Å². The highest BCUT2D eigenvalue weighted by Gasteiger charge is 2.18. The van der Waals surface area contributed by atoms with Gasteiger partial charge < -0.3 is 15.5 Å². The van der Waals surface area contributed by atoms with Crippen LogP contribution in [0.4, 0.5) is 0 Å². The van der Waals surface area contributed by atoms with Crippen LogP contribution < -0.4 is 5.32 Å². The Labute approximate surface area is 408 Å². The number of carbonyl (C=O) groups is 1. The molecule has 65 heavy (non-hydrogen) atoms. The van der Waals surface area contributed by atoms with Crippen LogP contribution in [-0.4, -0.2) is 34.9 Å². The maximum atomic E-state index is 12.4. The Morgan fingerprint density at radius 3 is 0.892 bits per heavy atom. The maximum Gasteiger partial charge on any atom is 0.220 e. The van der Waals surface area contributed by atoms with Crippen LogP contribution in [0, 0.1) is 0 Å². The molecule has 2 atom stereocenters. The summed E-state index contributed by atoms with van der Waals surface area (Å²) < 4.78 is 0. The van der Waals surface area contributed by atoms with Gasteiger partial charge in [0.15, 0.2) is 0 Å². The van der Waals surface area contributed by atoms with Crippen molar-refractivity contribution in [2.24, 2.45) is 0 Å². The largest absolute Gasteiger partial charge is 0.394 e. The second-order valence-corrected chi connectivity index (χ2v) is 20.4. The summed E-state index contributed by atoms with van der Waals surface area (Å²) in [6, 6.07) is -0.643. The average molecular weight is 913 g/mol. The SMILES string of the molecule is CCCCCC/C=C/CC/C=C/CC/C=C/C(O)C(CO)NC(=O)CCCCCCCCCCCCCCCCCCCCCCCCCCCCCCCCCCCCCCCCC. The number of aliphatic hydroxyl groups is 2. The van der Waals surface area contributed by atoms with Crippen LogP contribution >= 0.6 is 0 Å². The highest BCUT2D eigenvalue weighted by atomic mass is 16.3. The number of rotatable bonds is 55. The lowest BCUT2D eigenvalue weighted by molar-refractivity contribution is -0.123. The van der Waals surface area contributed by atoms with E-state index in [2.05, 4.69) is 43.5 Å². The van der Waals surface area contributed by atoms with Crippen molar-refractivity contribution in [3.8, 4) is 0 Å². The van der Waals surface area contributed by atoms with Gasteiger partial charge in [0, 0.05) is 6.42 Å². The van der Waals surface area contributed by atoms with Gasteiger partial charge in [0.05, 0.1) is 18.8 Å². The summed E-state index contributed by atoms with van der Waals surface area (Å²) in [6.45, 7) is 4.30. The van der Waals surface area contributed by atoms with Crippen molar-refractivity contribution >= 4 is 5.91 Å². The number of aliphatic hydroxyl groups excluding tert-OH is 2. The average Bonchev–Trinajstić information content (AvgIpc) is 3.31. The standard InChI is InChI=1S/C61H117NO3/c1-3-5-7-9-11-13-15-17-19-20-21-22-23-24-25-26-27-28-29-30-31-32-33-34-35-36-37-38-39-40-41-42-43-45-47-49-51-53-55-57-61(65)62-59(58-63)60(64)56-54-52-50-48-46-44-18-16-14-12-10-8-6-4-2/h14,16,46,48,54,56,59-60,63-64H,3-13,15,17-45,47,49-53,55,57-58H2,1-2H3,(H,62,65)/b16-14+,48-46+,56-54+. The number of hydrogen-bond donors (Lipinski definition) is 3. The van der Waals surface area contributed by atoms with E-state index in [1.807, 2.05) is 6.08 Å². The van der Waals surface area contributed by atoms with E-state index in [4.69, 9.17) is 0 Å². The third-order valence-electron chi connectivity index (χ3n) is 13.9. The molecule has 0 aromatic heterocycles. The molecular formula is C61H117NO3. The van der Waals surface area contributed by atoms with Crippen molar-refractivity contribution in [3.63, 3.8) is 0 Å². The summed E-state index contributed by atoms with van der Waals surface area (Å²) in [5, 5.41) is 23.0. The number of hydrogen-bond acceptors (Lipinski definition) is 3. The molecule has 384 valence electrons. The minimum Gasteiger partial charge on any atom is -0.394 e. The molecule has 0 aromatic rings. The summed E-state index contributed by atoms with van der Waals surface area (Å²) >= 11 is 0. The first kappa shape index (κ1) is 63.6. The van der Waals surface area contributed by atoms with E-state index in [1.165, 1.54) is 270 Å². The molecule has 0 bridgehead atoms. The van der Waals surface area contributed by atoms with Crippen LogP contribution in [0.1, 0.15) is 328 Å². The normalized spacial score (nSPS) is 13.0. The predicted molar refractivity (Wildman–Crippen MR) is 290 cm³/mol. The van der Waals surface area contributed by atoms with Crippen LogP contribution in [0.5, 0.6) is 0 Å². The molecule has 0 rings (SSSR count). The Kier molecular flexibility index (Phi) is 55.7. The zero-order chi connectivity index (χ0) is 47.0. The van der Waals surface area contributed by atoms with Crippen LogP contribution in [0.15, 0.2) is 36.5 Å². The minimum atomic E-state index is -0.868. The quantitative estimate of drug-likeness (QED) is 0.0421. The Morgan fingerprint density at radius 1 is 0.354 bits per heavy atom. The topological polar surface area (TPSA) is 69.6 Å². The third kappa shape index (κ3) is 53.4. The molecule has 0 saturated carbocycles. The summed E-state index contributed by atoms with van der Waals surface area (Å²) in [5.74, 6) is -0.0732. The summed E-state index contributed by atoms with van der Waals surface area (Å²) in [4.78, 5) is 12.4. The fourth-order valence-corrected chi connectivity index (χ4v) is 9.33. The van der Waals surface area contributed by atoms with E-state index >= 15 is 0 Å². The lowest BCUT2D eigenvalue weighted by Crippen LogP contribution is -2.45. The summed E-state index contributed by atoms with van der Waals surface area (Å²) in [6.07, 6.45) is 77.8. The van der Waals surface area contributed by atoms with Gasteiger partial charge in [0.2, 0.25) is 5.91 Å². The highest BCUT2D eigenvalue weighted by molar-refractivity contribution is 5.76. The van der Waals surface area contributed by atoms with E-state index in [-0.39, 0.29) is 12.5 Å². The van der Waals surface area contributed by atoms with E-state index < -0.39 is 12.1 Å². The Hall–Kier alpha value is -1.39. The van der Waals surface area contributed by atoms with Gasteiger partial charge in [-0.1, -0.05) is 314 Å². The molecule has 1 amide bonds. The van der Waals surface area contributed by atoms with Crippen molar-refractivity contribution < 1.29 is 15.0 Å². The second-order valence-electron chi connectivity index (χ2n) is 20.4. The number of unbranched alkanes of at least 4 members (excludes halogenated alkanes) is 44. The summed E-state index contributed by atoms with van der Waals surface area (Å²) in [5.41, 5.74) is 0. The van der Waals surface area contributed by atoms with E-state index in [9.17, 15) is 15.0 Å². The fraction of sp³-hybridized carbons (Fsp3) is 0.885. The number of allylic oxidation sites excluding steroid dienone is 5. The van der Waals surface area contributed by atoms with Crippen molar-refractivity contribution in [2.45, 2.75) is 341 Å². The molecule has 2 unspecified atom stereocenters. The van der Waals surface area contributed by atoms with E-state index in [0.29, 0.717) is 6.42 Å². The van der Waals surface area contributed by atoms with Crippen molar-refractivity contribution in [1.29, 1.82) is 0 Å². The first-order valence-electron chi connectivity index (χ1n) is 29.7. The molecule has 0 aliphatic carbocycles. The Balaban J connectivity index is 3.37. The minimum absolute atomic E-state index is 0.0732. The first-order chi connectivity index (χ1) is 32.2. The van der Waals surface area contributed by atoms with Gasteiger partial charge in [-0.2, -0.15) is 0 Å². The molecule has 0 spiro atoms. The second kappa shape index (κ2) is 56.9. The zero-order valence-corrected chi connectivity index (χ0v) is 44.3. The molecule has 4 nitrogen and oxygen atoms in total. The van der Waals surface area contributed by atoms with Gasteiger partial charge in [-0.15, -0.1) is 0 Å². The van der Waals surface area contributed by atoms with Crippen molar-refractivity contribution in [1.82, 2.24) is 5.32 Å². The van der Waals surface area contributed by atoms with Crippen molar-refractivity contribution in [3.05, 3.63) is 36.5 Å². The number of amides is 1. The monoisotopic (exact) mass is 912 g/mol. The van der Waals surface area contributed by atoms with Crippen LogP contribution in [0.2, 0.25) is 0 Å². The molecule has 0 fully saturated rings.